The number of rotatable bonds is 1. The second kappa shape index (κ2) is 4.44. The molecule has 1 fully saturated rings. The van der Waals surface area contributed by atoms with Gasteiger partial charge in [0.15, 0.2) is 0 Å². The summed E-state index contributed by atoms with van der Waals surface area (Å²) >= 11 is 0. The van der Waals surface area contributed by atoms with Crippen LogP contribution in [0.1, 0.15) is 45.6 Å². The predicted molar refractivity (Wildman–Crippen MR) is 69.0 cm³/mol. The highest BCUT2D eigenvalue weighted by molar-refractivity contribution is 5.43. The third kappa shape index (κ3) is 2.55. The van der Waals surface area contributed by atoms with Crippen LogP contribution in [-0.2, 0) is 5.41 Å². The first-order valence-electron chi connectivity index (χ1n) is 6.29. The lowest BCUT2D eigenvalue weighted by molar-refractivity contribution is 0.567. The molecule has 0 N–H and O–H groups in total. The van der Waals surface area contributed by atoms with Gasteiger partial charge in [-0.05, 0) is 42.4 Å². The van der Waals surface area contributed by atoms with Gasteiger partial charge in [0.2, 0.25) is 0 Å². The van der Waals surface area contributed by atoms with Gasteiger partial charge in [0.25, 0.3) is 0 Å². The van der Waals surface area contributed by atoms with Crippen LogP contribution in [0.15, 0.2) is 18.3 Å². The minimum Gasteiger partial charge on any atom is -0.357 e. The molecule has 0 spiro atoms. The summed E-state index contributed by atoms with van der Waals surface area (Å²) in [5.41, 5.74) is 1.59. The van der Waals surface area contributed by atoms with Gasteiger partial charge < -0.3 is 4.90 Å². The number of anilines is 1. The SMILES string of the molecule is CC(C)(C)c1ccnc(N2CCCCC2)c1. The standard InChI is InChI=1S/C14H22N2/c1-14(2,3)12-7-8-15-13(11-12)16-9-5-4-6-10-16/h7-8,11H,4-6,9-10H2,1-3H3. The lowest BCUT2D eigenvalue weighted by atomic mass is 9.88. The van der Waals surface area contributed by atoms with Crippen LogP contribution in [0.2, 0.25) is 0 Å². The molecule has 0 amide bonds. The summed E-state index contributed by atoms with van der Waals surface area (Å²) in [6.07, 6.45) is 5.93. The Balaban J connectivity index is 2.21. The fourth-order valence-corrected chi connectivity index (χ4v) is 2.18. The van der Waals surface area contributed by atoms with E-state index in [1.165, 1.54) is 37.9 Å². The van der Waals surface area contributed by atoms with Gasteiger partial charge in [0.1, 0.15) is 5.82 Å². The Morgan fingerprint density at radius 1 is 1.12 bits per heavy atom. The molecular weight excluding hydrogens is 196 g/mol. The van der Waals surface area contributed by atoms with Crippen molar-refractivity contribution in [3.63, 3.8) is 0 Å². The molecule has 16 heavy (non-hydrogen) atoms. The van der Waals surface area contributed by atoms with Gasteiger partial charge >= 0.3 is 0 Å². The number of hydrogen-bond donors (Lipinski definition) is 0. The molecule has 0 aliphatic carbocycles. The Morgan fingerprint density at radius 3 is 2.44 bits per heavy atom. The number of hydrogen-bond acceptors (Lipinski definition) is 2. The highest BCUT2D eigenvalue weighted by Crippen LogP contribution is 2.25. The maximum atomic E-state index is 4.50. The van der Waals surface area contributed by atoms with Crippen molar-refractivity contribution in [2.45, 2.75) is 45.4 Å². The predicted octanol–water partition coefficient (Wildman–Crippen LogP) is 3.37. The van der Waals surface area contributed by atoms with E-state index in [4.69, 9.17) is 0 Å². The molecular formula is C14H22N2. The summed E-state index contributed by atoms with van der Waals surface area (Å²) in [5, 5.41) is 0. The van der Waals surface area contributed by atoms with E-state index in [1.54, 1.807) is 0 Å². The van der Waals surface area contributed by atoms with Crippen LogP contribution in [0.4, 0.5) is 5.82 Å². The first kappa shape index (κ1) is 11.4. The van der Waals surface area contributed by atoms with E-state index in [1.807, 2.05) is 6.20 Å². The van der Waals surface area contributed by atoms with E-state index < -0.39 is 0 Å². The monoisotopic (exact) mass is 218 g/mol. The third-order valence-electron chi connectivity index (χ3n) is 3.29. The summed E-state index contributed by atoms with van der Waals surface area (Å²) in [6, 6.07) is 4.39. The fourth-order valence-electron chi connectivity index (χ4n) is 2.18. The van der Waals surface area contributed by atoms with Crippen molar-refractivity contribution in [2.75, 3.05) is 18.0 Å². The van der Waals surface area contributed by atoms with Crippen LogP contribution >= 0.6 is 0 Å². The molecule has 1 aromatic heterocycles. The normalized spacial score (nSPS) is 17.6. The third-order valence-corrected chi connectivity index (χ3v) is 3.29. The molecule has 1 aliphatic rings. The Labute approximate surface area is 98.7 Å². The summed E-state index contributed by atoms with van der Waals surface area (Å²) in [6.45, 7) is 9.09. The van der Waals surface area contributed by atoms with Crippen molar-refractivity contribution >= 4 is 5.82 Å². The van der Waals surface area contributed by atoms with Gasteiger partial charge in [-0.3, -0.25) is 0 Å². The second-order valence-electron chi connectivity index (χ2n) is 5.70. The minimum absolute atomic E-state index is 0.216. The van der Waals surface area contributed by atoms with Crippen LogP contribution in [-0.4, -0.2) is 18.1 Å². The van der Waals surface area contributed by atoms with Crippen molar-refractivity contribution in [3.05, 3.63) is 23.9 Å². The van der Waals surface area contributed by atoms with Gasteiger partial charge in [-0.2, -0.15) is 0 Å². The molecule has 2 heteroatoms. The van der Waals surface area contributed by atoms with E-state index in [9.17, 15) is 0 Å². The number of piperidine rings is 1. The van der Waals surface area contributed by atoms with Crippen molar-refractivity contribution in [1.29, 1.82) is 0 Å². The van der Waals surface area contributed by atoms with Crippen LogP contribution in [0.3, 0.4) is 0 Å². The number of pyridine rings is 1. The lowest BCUT2D eigenvalue weighted by Crippen LogP contribution is -2.30. The van der Waals surface area contributed by atoms with Crippen molar-refractivity contribution in [3.8, 4) is 0 Å². The molecule has 0 saturated carbocycles. The van der Waals surface area contributed by atoms with Gasteiger partial charge in [-0.1, -0.05) is 20.8 Å². The van der Waals surface area contributed by atoms with E-state index in [-0.39, 0.29) is 5.41 Å². The van der Waals surface area contributed by atoms with E-state index in [2.05, 4.69) is 42.8 Å². The van der Waals surface area contributed by atoms with E-state index >= 15 is 0 Å². The van der Waals surface area contributed by atoms with Crippen LogP contribution in [0.5, 0.6) is 0 Å². The lowest BCUT2D eigenvalue weighted by Gasteiger charge is -2.29. The first-order valence-corrected chi connectivity index (χ1v) is 6.29. The molecule has 0 unspecified atom stereocenters. The van der Waals surface area contributed by atoms with Crippen molar-refractivity contribution in [1.82, 2.24) is 4.98 Å². The molecule has 0 radical (unpaired) electrons. The second-order valence-corrected chi connectivity index (χ2v) is 5.70. The summed E-state index contributed by atoms with van der Waals surface area (Å²) < 4.78 is 0. The molecule has 0 atom stereocenters. The molecule has 2 rings (SSSR count). The van der Waals surface area contributed by atoms with Crippen LogP contribution < -0.4 is 4.90 Å². The zero-order valence-electron chi connectivity index (χ0n) is 10.7. The highest BCUT2D eigenvalue weighted by Gasteiger charge is 2.17. The quantitative estimate of drug-likeness (QED) is 0.718. The minimum atomic E-state index is 0.216. The van der Waals surface area contributed by atoms with Crippen molar-refractivity contribution < 1.29 is 0 Å². The summed E-state index contributed by atoms with van der Waals surface area (Å²) in [4.78, 5) is 6.92. The Bertz CT molecular complexity index is 346. The first-order chi connectivity index (χ1) is 7.57. The maximum absolute atomic E-state index is 4.50. The van der Waals surface area contributed by atoms with Crippen molar-refractivity contribution in [2.24, 2.45) is 0 Å². The Hall–Kier alpha value is -1.05. The maximum Gasteiger partial charge on any atom is 0.128 e. The van der Waals surface area contributed by atoms with E-state index in [0.717, 1.165) is 5.82 Å². The van der Waals surface area contributed by atoms with Crippen LogP contribution in [0, 0.1) is 0 Å². The van der Waals surface area contributed by atoms with Gasteiger partial charge in [0.05, 0.1) is 0 Å². The summed E-state index contributed by atoms with van der Waals surface area (Å²) in [5.74, 6) is 1.16. The van der Waals surface area contributed by atoms with Gasteiger partial charge in [-0.15, -0.1) is 0 Å². The Kier molecular flexibility index (Phi) is 3.17. The van der Waals surface area contributed by atoms with E-state index in [0.29, 0.717) is 0 Å². The highest BCUT2D eigenvalue weighted by atomic mass is 15.2. The van der Waals surface area contributed by atoms with Gasteiger partial charge in [-0.25, -0.2) is 4.98 Å². The topological polar surface area (TPSA) is 16.1 Å². The Morgan fingerprint density at radius 2 is 1.81 bits per heavy atom. The zero-order valence-corrected chi connectivity index (χ0v) is 10.7. The van der Waals surface area contributed by atoms with Crippen LogP contribution in [0.25, 0.3) is 0 Å². The number of aromatic nitrogens is 1. The molecule has 88 valence electrons. The van der Waals surface area contributed by atoms with Gasteiger partial charge in [0, 0.05) is 19.3 Å². The molecule has 1 aromatic rings. The molecule has 2 nitrogen and oxygen atoms in total. The molecule has 0 bridgehead atoms. The number of nitrogens with zero attached hydrogens (tertiary/aromatic N) is 2. The molecule has 1 aliphatic heterocycles. The molecule has 0 aromatic carbocycles. The smallest absolute Gasteiger partial charge is 0.128 e. The average Bonchev–Trinajstić information content (AvgIpc) is 2.29. The molecule has 2 heterocycles. The summed E-state index contributed by atoms with van der Waals surface area (Å²) in [7, 11) is 0. The largest absolute Gasteiger partial charge is 0.357 e. The average molecular weight is 218 g/mol. The fraction of sp³-hybridized carbons (Fsp3) is 0.643. The zero-order chi connectivity index (χ0) is 11.6. The molecule has 1 saturated heterocycles.